The quantitative estimate of drug-likeness (QED) is 0.802. The summed E-state index contributed by atoms with van der Waals surface area (Å²) in [6.45, 7) is 5.84. The number of hydrogen-bond acceptors (Lipinski definition) is 3. The molecular formula is C12H21N3. The predicted octanol–water partition coefficient (Wildman–Crippen LogP) is 1.95. The van der Waals surface area contributed by atoms with Gasteiger partial charge in [0.1, 0.15) is 5.82 Å². The van der Waals surface area contributed by atoms with Crippen LogP contribution in [0.4, 0.5) is 5.82 Å². The van der Waals surface area contributed by atoms with Crippen molar-refractivity contribution in [1.29, 1.82) is 0 Å². The Morgan fingerprint density at radius 2 is 2.07 bits per heavy atom. The molecule has 0 aliphatic carbocycles. The molecule has 1 rings (SSSR count). The van der Waals surface area contributed by atoms with E-state index in [2.05, 4.69) is 42.9 Å². The van der Waals surface area contributed by atoms with E-state index in [4.69, 9.17) is 5.73 Å². The smallest absolute Gasteiger partial charge is 0.128 e. The molecule has 3 nitrogen and oxygen atoms in total. The van der Waals surface area contributed by atoms with E-state index in [1.165, 1.54) is 5.56 Å². The van der Waals surface area contributed by atoms with E-state index >= 15 is 0 Å². The third-order valence-electron chi connectivity index (χ3n) is 2.53. The van der Waals surface area contributed by atoms with Crippen molar-refractivity contribution >= 4 is 5.82 Å². The Morgan fingerprint density at radius 3 is 2.60 bits per heavy atom. The fraction of sp³-hybridized carbons (Fsp3) is 0.583. The lowest BCUT2D eigenvalue weighted by Gasteiger charge is -2.17. The highest BCUT2D eigenvalue weighted by molar-refractivity contribution is 5.41. The summed E-state index contributed by atoms with van der Waals surface area (Å²) in [7, 11) is 2.05. The summed E-state index contributed by atoms with van der Waals surface area (Å²) in [6.07, 6.45) is 2.15. The SMILES string of the molecule is CCCc1cc(CN)cc(N(C)CC)n1. The molecule has 0 atom stereocenters. The van der Waals surface area contributed by atoms with Gasteiger partial charge in [-0.15, -0.1) is 0 Å². The highest BCUT2D eigenvalue weighted by Crippen LogP contribution is 2.14. The number of nitrogens with two attached hydrogens (primary N) is 1. The van der Waals surface area contributed by atoms with Gasteiger partial charge in [-0.25, -0.2) is 4.98 Å². The van der Waals surface area contributed by atoms with Gasteiger partial charge >= 0.3 is 0 Å². The van der Waals surface area contributed by atoms with E-state index in [0.717, 1.165) is 30.9 Å². The van der Waals surface area contributed by atoms with Crippen LogP contribution in [0.15, 0.2) is 12.1 Å². The number of nitrogens with zero attached hydrogens (tertiary/aromatic N) is 2. The minimum absolute atomic E-state index is 0.587. The fourth-order valence-electron chi connectivity index (χ4n) is 1.49. The van der Waals surface area contributed by atoms with Crippen LogP contribution in [0.1, 0.15) is 31.5 Å². The first-order chi connectivity index (χ1) is 7.21. The van der Waals surface area contributed by atoms with E-state index in [1.54, 1.807) is 0 Å². The average molecular weight is 207 g/mol. The molecule has 1 aromatic heterocycles. The normalized spacial score (nSPS) is 10.4. The summed E-state index contributed by atoms with van der Waals surface area (Å²) < 4.78 is 0. The zero-order chi connectivity index (χ0) is 11.3. The van der Waals surface area contributed by atoms with Crippen LogP contribution in [0.5, 0.6) is 0 Å². The second-order valence-corrected chi connectivity index (χ2v) is 3.79. The van der Waals surface area contributed by atoms with E-state index < -0.39 is 0 Å². The third kappa shape index (κ3) is 3.20. The standard InChI is InChI=1S/C12H21N3/c1-4-6-11-7-10(9-13)8-12(14-11)15(3)5-2/h7-8H,4-6,9,13H2,1-3H3. The second kappa shape index (κ2) is 5.71. The largest absolute Gasteiger partial charge is 0.360 e. The lowest BCUT2D eigenvalue weighted by molar-refractivity contribution is 0.853. The van der Waals surface area contributed by atoms with Crippen LogP contribution in [0.2, 0.25) is 0 Å². The first-order valence-electron chi connectivity index (χ1n) is 5.62. The Bertz CT molecular complexity index is 310. The van der Waals surface area contributed by atoms with Crippen molar-refractivity contribution < 1.29 is 0 Å². The molecule has 0 spiro atoms. The Kier molecular flexibility index (Phi) is 4.56. The van der Waals surface area contributed by atoms with Crippen LogP contribution >= 0.6 is 0 Å². The van der Waals surface area contributed by atoms with E-state index in [0.29, 0.717) is 6.54 Å². The van der Waals surface area contributed by atoms with E-state index in [9.17, 15) is 0 Å². The molecule has 0 bridgehead atoms. The first-order valence-corrected chi connectivity index (χ1v) is 5.62. The van der Waals surface area contributed by atoms with E-state index in [-0.39, 0.29) is 0 Å². The highest BCUT2D eigenvalue weighted by atomic mass is 15.2. The van der Waals surface area contributed by atoms with Gasteiger partial charge in [0.25, 0.3) is 0 Å². The van der Waals surface area contributed by atoms with Crippen LogP contribution < -0.4 is 10.6 Å². The van der Waals surface area contributed by atoms with Gasteiger partial charge in [0.2, 0.25) is 0 Å². The van der Waals surface area contributed by atoms with Crippen LogP contribution in [-0.4, -0.2) is 18.6 Å². The number of rotatable bonds is 5. The minimum Gasteiger partial charge on any atom is -0.360 e. The molecule has 0 aliphatic heterocycles. The molecule has 15 heavy (non-hydrogen) atoms. The van der Waals surface area contributed by atoms with Gasteiger partial charge in [-0.2, -0.15) is 0 Å². The molecule has 2 N–H and O–H groups in total. The number of aromatic nitrogens is 1. The Hall–Kier alpha value is -1.09. The van der Waals surface area contributed by atoms with Gasteiger partial charge in [-0.3, -0.25) is 0 Å². The Balaban J connectivity index is 2.99. The lowest BCUT2D eigenvalue weighted by Crippen LogP contribution is -2.18. The summed E-state index contributed by atoms with van der Waals surface area (Å²) in [4.78, 5) is 6.75. The van der Waals surface area contributed by atoms with Crippen LogP contribution in [0.3, 0.4) is 0 Å². The molecule has 1 heterocycles. The van der Waals surface area contributed by atoms with Crippen molar-refractivity contribution in [3.8, 4) is 0 Å². The summed E-state index contributed by atoms with van der Waals surface area (Å²) in [6, 6.07) is 4.18. The topological polar surface area (TPSA) is 42.1 Å². The molecule has 0 aromatic carbocycles. The van der Waals surface area contributed by atoms with Crippen molar-refractivity contribution in [3.05, 3.63) is 23.4 Å². The maximum Gasteiger partial charge on any atom is 0.128 e. The van der Waals surface area contributed by atoms with Crippen LogP contribution in [0.25, 0.3) is 0 Å². The maximum absolute atomic E-state index is 5.68. The highest BCUT2D eigenvalue weighted by Gasteiger charge is 2.04. The molecule has 0 saturated heterocycles. The third-order valence-corrected chi connectivity index (χ3v) is 2.53. The first kappa shape index (κ1) is 12.0. The van der Waals surface area contributed by atoms with Crippen molar-refractivity contribution in [3.63, 3.8) is 0 Å². The molecule has 0 radical (unpaired) electrons. The number of hydrogen-bond donors (Lipinski definition) is 1. The summed E-state index contributed by atoms with van der Waals surface area (Å²) >= 11 is 0. The molecule has 0 amide bonds. The molecule has 0 fully saturated rings. The molecule has 0 aliphatic rings. The van der Waals surface area contributed by atoms with Gasteiger partial charge < -0.3 is 10.6 Å². The summed E-state index contributed by atoms with van der Waals surface area (Å²) in [5.74, 6) is 1.03. The number of aryl methyl sites for hydroxylation is 1. The summed E-state index contributed by atoms with van der Waals surface area (Å²) in [5, 5.41) is 0. The predicted molar refractivity (Wildman–Crippen MR) is 65.1 cm³/mol. The van der Waals surface area contributed by atoms with Crippen molar-refractivity contribution in [2.45, 2.75) is 33.2 Å². The van der Waals surface area contributed by atoms with Crippen LogP contribution in [-0.2, 0) is 13.0 Å². The zero-order valence-corrected chi connectivity index (χ0v) is 9.95. The second-order valence-electron chi connectivity index (χ2n) is 3.79. The number of anilines is 1. The van der Waals surface area contributed by atoms with Gasteiger partial charge in [-0.1, -0.05) is 13.3 Å². The van der Waals surface area contributed by atoms with Gasteiger partial charge in [-0.05, 0) is 31.0 Å². The molecule has 3 heteroatoms. The minimum atomic E-state index is 0.587. The van der Waals surface area contributed by atoms with Gasteiger partial charge in [0.05, 0.1) is 0 Å². The summed E-state index contributed by atoms with van der Waals surface area (Å²) in [5.41, 5.74) is 8.00. The lowest BCUT2D eigenvalue weighted by atomic mass is 10.1. The van der Waals surface area contributed by atoms with Crippen LogP contribution in [0, 0.1) is 0 Å². The number of pyridine rings is 1. The molecule has 0 saturated carbocycles. The Morgan fingerprint density at radius 1 is 1.33 bits per heavy atom. The average Bonchev–Trinajstić information content (AvgIpc) is 2.28. The fourth-order valence-corrected chi connectivity index (χ4v) is 1.49. The molecule has 84 valence electrons. The van der Waals surface area contributed by atoms with Crippen molar-refractivity contribution in [2.24, 2.45) is 5.73 Å². The van der Waals surface area contributed by atoms with Crippen molar-refractivity contribution in [1.82, 2.24) is 4.98 Å². The zero-order valence-electron chi connectivity index (χ0n) is 9.95. The van der Waals surface area contributed by atoms with Gasteiger partial charge in [0.15, 0.2) is 0 Å². The Labute approximate surface area is 92.3 Å². The molecular weight excluding hydrogens is 186 g/mol. The monoisotopic (exact) mass is 207 g/mol. The molecule has 1 aromatic rings. The molecule has 0 unspecified atom stereocenters. The van der Waals surface area contributed by atoms with Crippen molar-refractivity contribution in [2.75, 3.05) is 18.5 Å². The van der Waals surface area contributed by atoms with E-state index in [1.807, 2.05) is 0 Å². The maximum atomic E-state index is 5.68. The van der Waals surface area contributed by atoms with Gasteiger partial charge in [0, 0.05) is 25.8 Å².